The number of carbonyl (C=O) groups is 1. The maximum atomic E-state index is 12.6. The largest absolute Gasteiger partial charge is 0.478 e. The predicted octanol–water partition coefficient (Wildman–Crippen LogP) is 2.72. The quantitative estimate of drug-likeness (QED) is 0.561. The smallest absolute Gasteiger partial charge is 0.260 e. The Hall–Kier alpha value is -1.07. The molecular weight excluding hydrogens is 475 g/mol. The van der Waals surface area contributed by atoms with E-state index in [0.29, 0.717) is 36.7 Å². The third-order valence-electron chi connectivity index (χ3n) is 4.69. The first-order valence-corrected chi connectivity index (χ1v) is 12.5. The van der Waals surface area contributed by atoms with Gasteiger partial charge in [0.25, 0.3) is 5.91 Å². The maximum absolute atomic E-state index is 12.6. The topological polar surface area (TPSA) is 94.2 Å². The van der Waals surface area contributed by atoms with Gasteiger partial charge in [0.1, 0.15) is 0 Å². The molecule has 0 atom stereocenters. The first kappa shape index (κ1) is 23.6. The number of thiol groups is 1. The summed E-state index contributed by atoms with van der Waals surface area (Å²) in [5.41, 5.74) is 0. The van der Waals surface area contributed by atoms with E-state index in [1.807, 2.05) is 0 Å². The molecule has 2 heterocycles. The number of rotatable bonds is 7. The zero-order valence-corrected chi connectivity index (χ0v) is 19.8. The second-order valence-corrected chi connectivity index (χ2v) is 10.7. The fraction of sp³-hybridized carbons (Fsp3) is 0.611. The summed E-state index contributed by atoms with van der Waals surface area (Å²) in [6, 6.07) is 1.29. The molecule has 8 nitrogen and oxygen atoms in total. The van der Waals surface area contributed by atoms with Crippen molar-refractivity contribution in [1.29, 1.82) is 0 Å². The minimum absolute atomic E-state index is 0.0299. The molecule has 1 aromatic rings. The number of nitrogens with zero attached hydrogens (tertiary/aromatic N) is 1. The van der Waals surface area contributed by atoms with Crippen molar-refractivity contribution in [3.8, 4) is 17.2 Å². The second kappa shape index (κ2) is 9.20. The van der Waals surface area contributed by atoms with Crippen LogP contribution in [0.15, 0.2) is 6.07 Å². The van der Waals surface area contributed by atoms with E-state index in [2.05, 4.69) is 17.4 Å². The van der Waals surface area contributed by atoms with Gasteiger partial charge in [0.05, 0.1) is 15.8 Å². The van der Waals surface area contributed by atoms with E-state index >= 15 is 0 Å². The highest BCUT2D eigenvalue weighted by atomic mass is 35.5. The van der Waals surface area contributed by atoms with E-state index in [4.69, 9.17) is 37.4 Å². The summed E-state index contributed by atoms with van der Waals surface area (Å²) in [6.07, 6.45) is 1.06. The third-order valence-corrected chi connectivity index (χ3v) is 7.21. The summed E-state index contributed by atoms with van der Waals surface area (Å²) in [7, 11) is -3.34. The van der Waals surface area contributed by atoms with Crippen LogP contribution in [0.1, 0.15) is 26.7 Å². The molecule has 3 rings (SSSR count). The summed E-state index contributed by atoms with van der Waals surface area (Å²) in [5.74, 6) is -0.148. The van der Waals surface area contributed by atoms with Gasteiger partial charge in [-0.15, -0.1) is 0 Å². The molecule has 1 amide bonds. The Morgan fingerprint density at radius 2 is 1.90 bits per heavy atom. The number of halogens is 2. The fourth-order valence-electron chi connectivity index (χ4n) is 3.30. The summed E-state index contributed by atoms with van der Waals surface area (Å²) in [6.45, 7) is 4.06. The van der Waals surface area contributed by atoms with Crippen LogP contribution in [0.4, 0.5) is 0 Å². The Morgan fingerprint density at radius 1 is 1.27 bits per heavy atom. The molecule has 1 aromatic carbocycles. The molecule has 0 unspecified atom stereocenters. The van der Waals surface area contributed by atoms with Gasteiger partial charge in [0.15, 0.2) is 18.1 Å². The van der Waals surface area contributed by atoms with Gasteiger partial charge in [-0.1, -0.05) is 23.2 Å². The molecule has 1 fully saturated rings. The lowest BCUT2D eigenvalue weighted by Gasteiger charge is -2.32. The van der Waals surface area contributed by atoms with Crippen molar-refractivity contribution in [3.63, 3.8) is 0 Å². The molecule has 12 heteroatoms. The SMILES string of the molecule is CC1(C)Oc2c(Cl)cc(Cl)c(OCC(=O)N3CCC(NS(=O)(=O)CCS)CC3)c2O1. The lowest BCUT2D eigenvalue weighted by Crippen LogP contribution is -2.48. The minimum Gasteiger partial charge on any atom is -0.478 e. The van der Waals surface area contributed by atoms with Crippen LogP contribution in [0.5, 0.6) is 17.2 Å². The average Bonchev–Trinajstić information content (AvgIpc) is 2.97. The van der Waals surface area contributed by atoms with Crippen molar-refractivity contribution >= 4 is 51.8 Å². The van der Waals surface area contributed by atoms with Crippen LogP contribution in [0.2, 0.25) is 10.0 Å². The minimum atomic E-state index is -3.34. The number of nitrogens with one attached hydrogen (secondary N) is 1. The number of piperidine rings is 1. The highest BCUT2D eigenvalue weighted by molar-refractivity contribution is 7.90. The highest BCUT2D eigenvalue weighted by Crippen LogP contribution is 2.53. The van der Waals surface area contributed by atoms with Gasteiger partial charge in [0.2, 0.25) is 21.6 Å². The molecule has 0 bridgehead atoms. The van der Waals surface area contributed by atoms with E-state index in [1.165, 1.54) is 6.07 Å². The number of carbonyl (C=O) groups excluding carboxylic acids is 1. The van der Waals surface area contributed by atoms with Crippen LogP contribution >= 0.6 is 35.8 Å². The molecule has 168 valence electrons. The van der Waals surface area contributed by atoms with Gasteiger partial charge in [-0.25, -0.2) is 13.1 Å². The normalized spacial score (nSPS) is 18.5. The van der Waals surface area contributed by atoms with Crippen LogP contribution < -0.4 is 18.9 Å². The van der Waals surface area contributed by atoms with E-state index in [1.54, 1.807) is 18.7 Å². The molecule has 1 saturated heterocycles. The van der Waals surface area contributed by atoms with E-state index < -0.39 is 15.8 Å². The van der Waals surface area contributed by atoms with E-state index in [0.717, 1.165) is 0 Å². The van der Waals surface area contributed by atoms with Crippen LogP contribution in [0.3, 0.4) is 0 Å². The Bertz CT molecular complexity index is 918. The molecular formula is C18H24Cl2N2O6S2. The summed E-state index contributed by atoms with van der Waals surface area (Å²) < 4.78 is 43.5. The number of hydrogen-bond donors (Lipinski definition) is 2. The van der Waals surface area contributed by atoms with E-state index in [9.17, 15) is 13.2 Å². The van der Waals surface area contributed by atoms with Gasteiger partial charge in [-0.05, 0) is 18.9 Å². The maximum Gasteiger partial charge on any atom is 0.260 e. The van der Waals surface area contributed by atoms with Crippen molar-refractivity contribution in [2.45, 2.75) is 38.5 Å². The van der Waals surface area contributed by atoms with Crippen LogP contribution in [0.25, 0.3) is 0 Å². The van der Waals surface area contributed by atoms with Crippen molar-refractivity contribution in [2.24, 2.45) is 0 Å². The highest BCUT2D eigenvalue weighted by Gasteiger charge is 2.37. The molecule has 2 aliphatic heterocycles. The average molecular weight is 499 g/mol. The first-order chi connectivity index (χ1) is 14.0. The Labute approximate surface area is 191 Å². The number of likely N-dealkylation sites (tertiary alicyclic amines) is 1. The molecule has 2 aliphatic rings. The Morgan fingerprint density at radius 3 is 2.53 bits per heavy atom. The molecule has 0 aromatic heterocycles. The standard InChI is InChI=1S/C18H24Cl2N2O6S2/c1-18(2)27-16-13(20)9-12(19)15(17(16)28-18)26-10-14(23)22-5-3-11(4-6-22)21-30(24,25)8-7-29/h9,11,21,29H,3-8,10H2,1-2H3. The van der Waals surface area contributed by atoms with Crippen molar-refractivity contribution < 1.29 is 27.4 Å². The second-order valence-electron chi connectivity index (χ2n) is 7.54. The number of amides is 1. The van der Waals surface area contributed by atoms with Gasteiger partial charge in [0, 0.05) is 38.7 Å². The predicted molar refractivity (Wildman–Crippen MR) is 118 cm³/mol. The zero-order chi connectivity index (χ0) is 22.1. The van der Waals surface area contributed by atoms with Gasteiger partial charge >= 0.3 is 0 Å². The van der Waals surface area contributed by atoms with Crippen LogP contribution in [-0.4, -0.2) is 62.3 Å². The molecule has 30 heavy (non-hydrogen) atoms. The fourth-order valence-corrected chi connectivity index (χ4v) is 5.66. The van der Waals surface area contributed by atoms with Gasteiger partial charge in [-0.2, -0.15) is 12.6 Å². The molecule has 0 aliphatic carbocycles. The molecule has 0 spiro atoms. The molecule has 0 radical (unpaired) electrons. The third kappa shape index (κ3) is 5.59. The number of hydrogen-bond acceptors (Lipinski definition) is 7. The summed E-state index contributed by atoms with van der Waals surface area (Å²) in [4.78, 5) is 14.2. The summed E-state index contributed by atoms with van der Waals surface area (Å²) in [5, 5.41) is 0.506. The van der Waals surface area contributed by atoms with Crippen molar-refractivity contribution in [2.75, 3.05) is 31.2 Å². The van der Waals surface area contributed by atoms with Gasteiger partial charge in [-0.3, -0.25) is 4.79 Å². The Kier molecular flexibility index (Phi) is 7.23. The number of ether oxygens (including phenoxy) is 3. The number of sulfonamides is 1. The van der Waals surface area contributed by atoms with Gasteiger partial charge < -0.3 is 19.1 Å². The summed E-state index contributed by atoms with van der Waals surface area (Å²) >= 11 is 16.4. The molecule has 1 N–H and O–H groups in total. The first-order valence-electron chi connectivity index (χ1n) is 9.43. The number of benzene rings is 1. The van der Waals surface area contributed by atoms with Crippen molar-refractivity contribution in [1.82, 2.24) is 9.62 Å². The number of fused-ring (bicyclic) bond motifs is 1. The van der Waals surface area contributed by atoms with Crippen LogP contribution in [0, 0.1) is 0 Å². The lowest BCUT2D eigenvalue weighted by molar-refractivity contribution is -0.134. The monoisotopic (exact) mass is 498 g/mol. The lowest BCUT2D eigenvalue weighted by atomic mass is 10.1. The van der Waals surface area contributed by atoms with E-state index in [-0.39, 0.29) is 46.6 Å². The Balaban J connectivity index is 1.57. The zero-order valence-electron chi connectivity index (χ0n) is 16.6. The van der Waals surface area contributed by atoms with Crippen molar-refractivity contribution in [3.05, 3.63) is 16.1 Å². The van der Waals surface area contributed by atoms with Crippen LogP contribution in [-0.2, 0) is 14.8 Å². The molecule has 0 saturated carbocycles.